The second kappa shape index (κ2) is 11.2. The van der Waals surface area contributed by atoms with E-state index in [9.17, 15) is 18.0 Å². The van der Waals surface area contributed by atoms with Gasteiger partial charge >= 0.3 is 12.2 Å². The molecule has 0 radical (unpaired) electrons. The highest BCUT2D eigenvalue weighted by Crippen LogP contribution is 2.35. The fourth-order valence-corrected chi connectivity index (χ4v) is 4.68. The van der Waals surface area contributed by atoms with E-state index in [0.29, 0.717) is 17.6 Å². The number of para-hydroxylation sites is 1. The largest absolute Gasteiger partial charge is 0.417 e. The van der Waals surface area contributed by atoms with Gasteiger partial charge in [0, 0.05) is 24.4 Å². The summed E-state index contributed by atoms with van der Waals surface area (Å²) in [7, 11) is 1.49. The molecule has 2 aromatic carbocycles. The standard InChI is InChI=1S/C28H24F3N7O4/c1-40-21-14-41-13-20(21)33-19-11-16(28(29,30)31)12-32-23(19)26-37-38-27(42-26)36-24-25(39)34-18-10-6-5-9-17(18)22(35-24)15-7-3-2-4-8-15/h2-12,20-21,24,33H,13-14H2,1H3,(H,34,39)(H,36,38)/t20-,21-,24-/m1/s1. The Morgan fingerprint density at radius 2 is 1.81 bits per heavy atom. The van der Waals surface area contributed by atoms with Crippen molar-refractivity contribution in [2.75, 3.05) is 36.3 Å². The Balaban J connectivity index is 1.32. The first-order valence-electron chi connectivity index (χ1n) is 12.9. The summed E-state index contributed by atoms with van der Waals surface area (Å²) in [6.45, 7) is 0.495. The fraction of sp³-hybridized carbons (Fsp3) is 0.250. The van der Waals surface area contributed by atoms with Gasteiger partial charge in [-0.05, 0) is 12.1 Å². The molecular formula is C28H24F3N7O4. The molecule has 2 aliphatic heterocycles. The van der Waals surface area contributed by atoms with Gasteiger partial charge < -0.3 is 29.8 Å². The smallest absolute Gasteiger partial charge is 0.402 e. The van der Waals surface area contributed by atoms with Crippen LogP contribution in [0, 0.1) is 0 Å². The van der Waals surface area contributed by atoms with Gasteiger partial charge in [-0.15, -0.1) is 5.10 Å². The minimum absolute atomic E-state index is 0.00428. The maximum Gasteiger partial charge on any atom is 0.417 e. The number of rotatable bonds is 7. The number of ether oxygens (including phenoxy) is 2. The topological polar surface area (TPSA) is 136 Å². The highest BCUT2D eigenvalue weighted by atomic mass is 19.4. The molecule has 216 valence electrons. The molecule has 42 heavy (non-hydrogen) atoms. The number of nitrogens with one attached hydrogen (secondary N) is 3. The zero-order valence-electron chi connectivity index (χ0n) is 22.1. The highest BCUT2D eigenvalue weighted by Gasteiger charge is 2.35. The van der Waals surface area contributed by atoms with E-state index in [2.05, 4.69) is 36.1 Å². The molecule has 6 rings (SSSR count). The van der Waals surface area contributed by atoms with Crippen molar-refractivity contribution < 1.29 is 31.9 Å². The van der Waals surface area contributed by atoms with E-state index >= 15 is 0 Å². The van der Waals surface area contributed by atoms with E-state index < -0.39 is 29.9 Å². The van der Waals surface area contributed by atoms with Crippen LogP contribution >= 0.6 is 0 Å². The molecule has 11 nitrogen and oxygen atoms in total. The van der Waals surface area contributed by atoms with Crippen LogP contribution in [0.5, 0.6) is 0 Å². The molecule has 0 spiro atoms. The van der Waals surface area contributed by atoms with Crippen molar-refractivity contribution in [3.8, 4) is 11.6 Å². The number of hydrogen-bond acceptors (Lipinski definition) is 10. The molecule has 2 aromatic heterocycles. The number of carbonyl (C=O) groups excluding carboxylic acids is 1. The molecule has 0 saturated carbocycles. The lowest BCUT2D eigenvalue weighted by molar-refractivity contribution is -0.137. The number of fused-ring (bicyclic) bond motifs is 1. The van der Waals surface area contributed by atoms with Gasteiger partial charge in [-0.25, -0.2) is 9.98 Å². The van der Waals surface area contributed by atoms with Gasteiger partial charge in [0.05, 0.1) is 41.9 Å². The second-order valence-corrected chi connectivity index (χ2v) is 9.52. The van der Waals surface area contributed by atoms with Crippen LogP contribution in [0.15, 0.2) is 76.3 Å². The molecule has 3 atom stereocenters. The Morgan fingerprint density at radius 3 is 2.60 bits per heavy atom. The minimum Gasteiger partial charge on any atom is -0.402 e. The summed E-state index contributed by atoms with van der Waals surface area (Å²) in [6.07, 6.45) is -5.50. The van der Waals surface area contributed by atoms with Crippen molar-refractivity contribution in [1.29, 1.82) is 0 Å². The summed E-state index contributed by atoms with van der Waals surface area (Å²) in [5.74, 6) is -0.652. The van der Waals surface area contributed by atoms with Crippen molar-refractivity contribution in [2.45, 2.75) is 24.5 Å². The van der Waals surface area contributed by atoms with E-state index in [1.54, 1.807) is 12.1 Å². The van der Waals surface area contributed by atoms with E-state index in [4.69, 9.17) is 13.9 Å². The number of anilines is 3. The van der Waals surface area contributed by atoms with Crippen LogP contribution in [0.4, 0.5) is 30.6 Å². The third-order valence-corrected chi connectivity index (χ3v) is 6.77. The van der Waals surface area contributed by atoms with Crippen LogP contribution in [-0.2, 0) is 20.4 Å². The summed E-state index contributed by atoms with van der Waals surface area (Å²) >= 11 is 0. The van der Waals surface area contributed by atoms with Crippen LogP contribution < -0.4 is 16.0 Å². The van der Waals surface area contributed by atoms with Gasteiger partial charge in [-0.2, -0.15) is 13.2 Å². The third kappa shape index (κ3) is 5.53. The van der Waals surface area contributed by atoms with Gasteiger partial charge in [-0.1, -0.05) is 53.6 Å². The van der Waals surface area contributed by atoms with E-state index in [1.807, 2.05) is 42.5 Å². The van der Waals surface area contributed by atoms with Crippen molar-refractivity contribution in [3.05, 3.63) is 83.6 Å². The summed E-state index contributed by atoms with van der Waals surface area (Å²) in [6, 6.07) is 16.9. The number of amides is 1. The van der Waals surface area contributed by atoms with E-state index in [0.717, 1.165) is 17.2 Å². The Kier molecular flexibility index (Phi) is 7.31. The number of pyridine rings is 1. The molecule has 2 aliphatic rings. The molecular weight excluding hydrogens is 555 g/mol. The van der Waals surface area contributed by atoms with Crippen LogP contribution in [0.2, 0.25) is 0 Å². The zero-order chi connectivity index (χ0) is 29.3. The number of halogens is 3. The summed E-state index contributed by atoms with van der Waals surface area (Å²) in [4.78, 5) is 21.8. The second-order valence-electron chi connectivity index (χ2n) is 9.52. The lowest BCUT2D eigenvalue weighted by Gasteiger charge is -2.20. The van der Waals surface area contributed by atoms with Crippen molar-refractivity contribution in [1.82, 2.24) is 15.2 Å². The molecule has 1 fully saturated rings. The van der Waals surface area contributed by atoms with Crippen LogP contribution in [-0.4, -0.2) is 65.4 Å². The van der Waals surface area contributed by atoms with Gasteiger partial charge in [0.2, 0.25) is 6.17 Å². The summed E-state index contributed by atoms with van der Waals surface area (Å²) < 4.78 is 57.1. The van der Waals surface area contributed by atoms with Gasteiger partial charge in [0.1, 0.15) is 6.10 Å². The lowest BCUT2D eigenvalue weighted by Crippen LogP contribution is -2.33. The molecule has 4 aromatic rings. The van der Waals surface area contributed by atoms with Crippen molar-refractivity contribution in [3.63, 3.8) is 0 Å². The average Bonchev–Trinajstić information content (AvgIpc) is 3.62. The molecule has 0 aliphatic carbocycles. The molecule has 14 heteroatoms. The normalized spacial score (nSPS) is 20.3. The van der Waals surface area contributed by atoms with Gasteiger partial charge in [-0.3, -0.25) is 4.79 Å². The third-order valence-electron chi connectivity index (χ3n) is 6.77. The highest BCUT2D eigenvalue weighted by molar-refractivity contribution is 6.19. The number of benzene rings is 2. The first-order valence-corrected chi connectivity index (χ1v) is 12.9. The minimum atomic E-state index is -4.63. The molecule has 3 N–H and O–H groups in total. The molecule has 1 saturated heterocycles. The number of hydrogen-bond donors (Lipinski definition) is 3. The predicted octanol–water partition coefficient (Wildman–Crippen LogP) is 4.20. The number of methoxy groups -OCH3 is 1. The Labute approximate surface area is 237 Å². The maximum atomic E-state index is 13.5. The fourth-order valence-electron chi connectivity index (χ4n) is 4.68. The number of benzodiazepines with no additional fused rings is 1. The number of nitrogens with zero attached hydrogens (tertiary/aromatic N) is 4. The monoisotopic (exact) mass is 579 g/mol. The summed E-state index contributed by atoms with van der Waals surface area (Å²) in [5, 5.41) is 16.6. The SMILES string of the molecule is CO[C@@H]1COC[C@H]1Nc1cc(C(F)(F)F)cnc1-c1nnc(N[C@H]2N=C(c3ccccc3)c3ccccc3NC2=O)o1. The van der Waals surface area contributed by atoms with Crippen LogP contribution in [0.3, 0.4) is 0 Å². The zero-order valence-corrected chi connectivity index (χ0v) is 22.1. The van der Waals surface area contributed by atoms with Crippen LogP contribution in [0.1, 0.15) is 16.7 Å². The Hall–Kier alpha value is -4.82. The average molecular weight is 580 g/mol. The van der Waals surface area contributed by atoms with Crippen molar-refractivity contribution in [2.24, 2.45) is 4.99 Å². The molecule has 0 unspecified atom stereocenters. The number of aliphatic imine (C=N–C) groups is 1. The quantitative estimate of drug-likeness (QED) is 0.294. The number of aromatic nitrogens is 3. The molecule has 0 bridgehead atoms. The van der Waals surface area contributed by atoms with Crippen LogP contribution in [0.25, 0.3) is 11.6 Å². The first-order chi connectivity index (χ1) is 20.3. The first kappa shape index (κ1) is 27.4. The molecule has 1 amide bonds. The Bertz CT molecular complexity index is 1630. The van der Waals surface area contributed by atoms with Gasteiger partial charge in [0.25, 0.3) is 11.8 Å². The Morgan fingerprint density at radius 1 is 1.02 bits per heavy atom. The molecule has 4 heterocycles. The number of carbonyl (C=O) groups is 1. The predicted molar refractivity (Wildman–Crippen MR) is 146 cm³/mol. The maximum absolute atomic E-state index is 13.5. The van der Waals surface area contributed by atoms with Crippen molar-refractivity contribution >= 4 is 29.0 Å². The number of alkyl halides is 3. The van der Waals surface area contributed by atoms with Gasteiger partial charge in [0.15, 0.2) is 5.69 Å². The lowest BCUT2D eigenvalue weighted by atomic mass is 10.0. The summed E-state index contributed by atoms with van der Waals surface area (Å²) in [5.41, 5.74) is 1.68. The van der Waals surface area contributed by atoms with E-state index in [-0.39, 0.29) is 42.6 Å². The van der Waals surface area contributed by atoms with E-state index in [1.165, 1.54) is 7.11 Å².